The monoisotopic (exact) mass is 412 g/mol. The van der Waals surface area contributed by atoms with E-state index in [0.717, 1.165) is 12.3 Å². The van der Waals surface area contributed by atoms with Gasteiger partial charge in [-0.15, -0.1) is 0 Å². The number of sulfone groups is 1. The van der Waals surface area contributed by atoms with E-state index in [1.165, 1.54) is 38.5 Å². The molecule has 2 rings (SSSR count). The Labute approximate surface area is 161 Å². The van der Waals surface area contributed by atoms with Gasteiger partial charge in [0.15, 0.2) is 33.7 Å². The lowest BCUT2D eigenvalue weighted by Crippen LogP contribution is -2.15. The lowest BCUT2D eigenvalue weighted by molar-refractivity contribution is 0.0474. The van der Waals surface area contributed by atoms with Crippen molar-refractivity contribution in [2.24, 2.45) is 0 Å². The van der Waals surface area contributed by atoms with Gasteiger partial charge < -0.3 is 14.2 Å². The Morgan fingerprint density at radius 3 is 2.26 bits per heavy atom. The molecule has 0 amide bonds. The van der Waals surface area contributed by atoms with E-state index in [2.05, 4.69) is 0 Å². The molecule has 0 spiro atoms. The Balaban J connectivity index is 2.15. The summed E-state index contributed by atoms with van der Waals surface area (Å²) in [6.45, 7) is -0.548. The van der Waals surface area contributed by atoms with E-state index < -0.39 is 28.2 Å². The lowest BCUT2D eigenvalue weighted by Gasteiger charge is -2.10. The molecule has 0 atom stereocenters. The van der Waals surface area contributed by atoms with E-state index >= 15 is 0 Å². The summed E-state index contributed by atoms with van der Waals surface area (Å²) in [4.78, 5) is 24.4. The number of Topliss-reactive ketones (excluding diaryl/α,β-unsaturated/α-hetero) is 1. The van der Waals surface area contributed by atoms with E-state index in [0.29, 0.717) is 11.5 Å². The third-order valence-electron chi connectivity index (χ3n) is 3.63. The molecule has 0 unspecified atom stereocenters. The first-order valence-electron chi connectivity index (χ1n) is 7.59. The number of carbonyl (C=O) groups excluding carboxylic acids is 2. The Kier molecular flexibility index (Phi) is 6.45. The zero-order valence-electron chi connectivity index (χ0n) is 14.8. The van der Waals surface area contributed by atoms with Crippen LogP contribution in [0.1, 0.15) is 20.7 Å². The molecule has 7 nitrogen and oxygen atoms in total. The summed E-state index contributed by atoms with van der Waals surface area (Å²) < 4.78 is 38.4. The summed E-state index contributed by atoms with van der Waals surface area (Å²) in [7, 11) is -0.622. The summed E-state index contributed by atoms with van der Waals surface area (Å²) in [6.07, 6.45) is 1.01. The number of benzene rings is 2. The highest BCUT2D eigenvalue weighted by molar-refractivity contribution is 7.90. The zero-order valence-corrected chi connectivity index (χ0v) is 16.4. The van der Waals surface area contributed by atoms with Gasteiger partial charge in [-0.3, -0.25) is 4.79 Å². The first-order chi connectivity index (χ1) is 12.7. The van der Waals surface area contributed by atoms with Gasteiger partial charge in [0.25, 0.3) is 0 Å². The van der Waals surface area contributed by atoms with Crippen molar-refractivity contribution in [2.75, 3.05) is 27.1 Å². The van der Waals surface area contributed by atoms with Crippen molar-refractivity contribution >= 4 is 33.2 Å². The summed E-state index contributed by atoms with van der Waals surface area (Å²) in [5, 5.41) is 0.0194. The van der Waals surface area contributed by atoms with Gasteiger partial charge in [-0.1, -0.05) is 11.6 Å². The zero-order chi connectivity index (χ0) is 20.2. The molecule has 0 aliphatic carbocycles. The number of rotatable bonds is 7. The van der Waals surface area contributed by atoms with Gasteiger partial charge in [-0.2, -0.15) is 0 Å². The van der Waals surface area contributed by atoms with E-state index in [-0.39, 0.29) is 21.0 Å². The molecule has 0 bridgehead atoms. The van der Waals surface area contributed by atoms with Gasteiger partial charge in [0.05, 0.1) is 29.7 Å². The molecule has 27 heavy (non-hydrogen) atoms. The molecule has 144 valence electrons. The summed E-state index contributed by atoms with van der Waals surface area (Å²) >= 11 is 5.94. The third-order valence-corrected chi connectivity index (χ3v) is 5.07. The fourth-order valence-electron chi connectivity index (χ4n) is 2.19. The number of hydrogen-bond donors (Lipinski definition) is 0. The molecular weight excluding hydrogens is 396 g/mol. The standard InChI is InChI=1S/C18H17ClO7S/c1-24-16-7-4-11(8-17(16)25-2)15(20)10-26-18(21)13-9-12(27(3,22)23)5-6-14(13)19/h4-9H,10H2,1-3H3. The topological polar surface area (TPSA) is 96.0 Å². The van der Waals surface area contributed by atoms with Crippen LogP contribution >= 0.6 is 11.6 Å². The highest BCUT2D eigenvalue weighted by Crippen LogP contribution is 2.28. The van der Waals surface area contributed by atoms with Crippen molar-refractivity contribution in [1.82, 2.24) is 0 Å². The number of halogens is 1. The molecule has 0 aliphatic rings. The van der Waals surface area contributed by atoms with Crippen LogP contribution in [0.4, 0.5) is 0 Å². The van der Waals surface area contributed by atoms with E-state index in [4.69, 9.17) is 25.8 Å². The first-order valence-corrected chi connectivity index (χ1v) is 9.86. The van der Waals surface area contributed by atoms with Gasteiger partial charge in [0.2, 0.25) is 0 Å². The molecule has 0 fully saturated rings. The summed E-state index contributed by atoms with van der Waals surface area (Å²) in [6, 6.07) is 8.20. The van der Waals surface area contributed by atoms with Gasteiger partial charge in [-0.05, 0) is 36.4 Å². The van der Waals surface area contributed by atoms with Crippen LogP contribution in [0.15, 0.2) is 41.3 Å². The highest BCUT2D eigenvalue weighted by atomic mass is 35.5. The van der Waals surface area contributed by atoms with E-state index in [1.807, 2.05) is 0 Å². The predicted molar refractivity (Wildman–Crippen MR) is 98.7 cm³/mol. The molecule has 0 heterocycles. The van der Waals surface area contributed by atoms with Gasteiger partial charge >= 0.3 is 5.97 Å². The van der Waals surface area contributed by atoms with Crippen molar-refractivity contribution < 1.29 is 32.2 Å². The van der Waals surface area contributed by atoms with Crippen LogP contribution in [0.3, 0.4) is 0 Å². The second-order valence-electron chi connectivity index (χ2n) is 5.48. The van der Waals surface area contributed by atoms with Crippen molar-refractivity contribution in [3.63, 3.8) is 0 Å². The lowest BCUT2D eigenvalue weighted by atomic mass is 10.1. The Morgan fingerprint density at radius 2 is 1.67 bits per heavy atom. The number of ketones is 1. The molecule has 9 heteroatoms. The fourth-order valence-corrected chi connectivity index (χ4v) is 3.04. The minimum Gasteiger partial charge on any atom is -0.493 e. The van der Waals surface area contributed by atoms with Gasteiger partial charge in [-0.25, -0.2) is 13.2 Å². The molecule has 0 radical (unpaired) electrons. The number of esters is 1. The smallest absolute Gasteiger partial charge is 0.340 e. The summed E-state index contributed by atoms with van der Waals surface area (Å²) in [5.74, 6) is -0.562. The van der Waals surface area contributed by atoms with Crippen LogP contribution < -0.4 is 9.47 Å². The van der Waals surface area contributed by atoms with Gasteiger partial charge in [0, 0.05) is 11.8 Å². The van der Waals surface area contributed by atoms with Gasteiger partial charge in [0.1, 0.15) is 0 Å². The number of ether oxygens (including phenoxy) is 3. The number of carbonyl (C=O) groups is 2. The van der Waals surface area contributed by atoms with Crippen molar-refractivity contribution in [1.29, 1.82) is 0 Å². The van der Waals surface area contributed by atoms with Crippen molar-refractivity contribution in [2.45, 2.75) is 4.90 Å². The van der Waals surface area contributed by atoms with Crippen molar-refractivity contribution in [3.8, 4) is 11.5 Å². The van der Waals surface area contributed by atoms with Crippen LogP contribution in [0, 0.1) is 0 Å². The highest BCUT2D eigenvalue weighted by Gasteiger charge is 2.19. The fraction of sp³-hybridized carbons (Fsp3) is 0.222. The Bertz CT molecular complexity index is 983. The second kappa shape index (κ2) is 8.41. The average Bonchev–Trinajstić information content (AvgIpc) is 2.64. The maximum Gasteiger partial charge on any atom is 0.340 e. The minimum absolute atomic E-state index is 0.0194. The van der Waals surface area contributed by atoms with E-state index in [1.54, 1.807) is 6.07 Å². The normalized spacial score (nSPS) is 11.0. The molecule has 2 aromatic carbocycles. The van der Waals surface area contributed by atoms with Crippen molar-refractivity contribution in [3.05, 3.63) is 52.5 Å². The first kappa shape index (κ1) is 20.7. The van der Waals surface area contributed by atoms with Crippen LogP contribution in [0.25, 0.3) is 0 Å². The SMILES string of the molecule is COc1ccc(C(=O)COC(=O)c2cc(S(C)(=O)=O)ccc2Cl)cc1OC. The summed E-state index contributed by atoms with van der Waals surface area (Å²) in [5.41, 5.74) is 0.121. The van der Waals surface area contributed by atoms with E-state index in [9.17, 15) is 18.0 Å². The third kappa shape index (κ3) is 4.99. The number of methoxy groups -OCH3 is 2. The minimum atomic E-state index is -3.52. The molecule has 0 saturated heterocycles. The molecule has 0 saturated carbocycles. The average molecular weight is 413 g/mol. The molecule has 2 aromatic rings. The largest absolute Gasteiger partial charge is 0.493 e. The predicted octanol–water partition coefficient (Wildman–Crippen LogP) is 2.80. The van der Waals surface area contributed by atoms with Crippen LogP contribution in [0.2, 0.25) is 5.02 Å². The second-order valence-corrected chi connectivity index (χ2v) is 7.91. The molecule has 0 N–H and O–H groups in total. The molecule has 0 aromatic heterocycles. The molecule has 0 aliphatic heterocycles. The Morgan fingerprint density at radius 1 is 1.00 bits per heavy atom. The van der Waals surface area contributed by atoms with Crippen LogP contribution in [-0.2, 0) is 14.6 Å². The Hall–Kier alpha value is -2.58. The van der Waals surface area contributed by atoms with Crippen LogP contribution in [-0.4, -0.2) is 47.3 Å². The molecular formula is C18H17ClO7S. The maximum absolute atomic E-state index is 12.3. The quantitative estimate of drug-likeness (QED) is 0.509. The van der Waals surface area contributed by atoms with Crippen LogP contribution in [0.5, 0.6) is 11.5 Å². The number of hydrogen-bond acceptors (Lipinski definition) is 7. The maximum atomic E-state index is 12.3.